The number of aliphatic hydroxyl groups excluding tert-OH is 1. The summed E-state index contributed by atoms with van der Waals surface area (Å²) in [6.07, 6.45) is 14.1. The first kappa shape index (κ1) is 22.3. The first-order valence-corrected chi connectivity index (χ1v) is 12.6. The van der Waals surface area contributed by atoms with Crippen LogP contribution in [0.5, 0.6) is 0 Å². The van der Waals surface area contributed by atoms with Crippen LogP contribution in [0.3, 0.4) is 0 Å². The van der Waals surface area contributed by atoms with Crippen LogP contribution in [-0.4, -0.2) is 37.9 Å². The summed E-state index contributed by atoms with van der Waals surface area (Å²) in [6.45, 7) is 2.90. The second kappa shape index (κ2) is 10.2. The highest BCUT2D eigenvalue weighted by Crippen LogP contribution is 2.35. The van der Waals surface area contributed by atoms with Crippen molar-refractivity contribution in [1.82, 2.24) is 19.7 Å². The smallest absolute Gasteiger partial charge is 0.0968 e. The van der Waals surface area contributed by atoms with Crippen LogP contribution in [0.2, 0.25) is 0 Å². The molecule has 1 unspecified atom stereocenters. The van der Waals surface area contributed by atoms with Gasteiger partial charge in [0.25, 0.3) is 0 Å². The maximum Gasteiger partial charge on any atom is 0.0968 e. The standard InChI is InChI=1S/C28H36N4O/c1-31-19-26(20-32-16-13-24(14-17-32)28(33)25-8-5-15-29-18-25)27(30-31)23-11-9-22(10-12-23)21-6-3-2-4-7-21/h5,8-12,15,18-19,21,24,28,33H,2-4,6-7,13-14,16-17,20H2,1H3. The molecular weight excluding hydrogens is 408 g/mol. The largest absolute Gasteiger partial charge is 0.388 e. The van der Waals surface area contributed by atoms with Crippen molar-refractivity contribution in [3.63, 3.8) is 0 Å². The van der Waals surface area contributed by atoms with Gasteiger partial charge < -0.3 is 5.11 Å². The summed E-state index contributed by atoms with van der Waals surface area (Å²) in [7, 11) is 2.01. The van der Waals surface area contributed by atoms with E-state index in [0.717, 1.165) is 49.7 Å². The Morgan fingerprint density at radius 2 is 1.76 bits per heavy atom. The van der Waals surface area contributed by atoms with E-state index in [1.54, 1.807) is 12.4 Å². The highest BCUT2D eigenvalue weighted by Gasteiger charge is 2.27. The highest BCUT2D eigenvalue weighted by molar-refractivity contribution is 5.63. The Bertz CT molecular complexity index is 1020. The quantitative estimate of drug-likeness (QED) is 0.547. The van der Waals surface area contributed by atoms with Gasteiger partial charge >= 0.3 is 0 Å². The molecule has 1 atom stereocenters. The molecule has 5 rings (SSSR count). The summed E-state index contributed by atoms with van der Waals surface area (Å²) < 4.78 is 1.94. The molecule has 2 aromatic heterocycles. The van der Waals surface area contributed by atoms with E-state index in [0.29, 0.717) is 5.92 Å². The van der Waals surface area contributed by atoms with E-state index in [2.05, 4.69) is 40.3 Å². The summed E-state index contributed by atoms with van der Waals surface area (Å²) in [5.41, 5.74) is 6.03. The van der Waals surface area contributed by atoms with Crippen molar-refractivity contribution in [1.29, 1.82) is 0 Å². The zero-order valence-electron chi connectivity index (χ0n) is 19.7. The molecule has 1 aliphatic heterocycles. The number of benzene rings is 1. The van der Waals surface area contributed by atoms with Gasteiger partial charge in [-0.05, 0) is 67.8 Å². The monoisotopic (exact) mass is 444 g/mol. The van der Waals surface area contributed by atoms with Gasteiger partial charge in [-0.1, -0.05) is 49.6 Å². The molecule has 1 aliphatic carbocycles. The summed E-state index contributed by atoms with van der Waals surface area (Å²) in [6, 6.07) is 13.1. The molecule has 2 fully saturated rings. The molecule has 0 bridgehead atoms. The molecule has 2 aliphatic rings. The minimum Gasteiger partial charge on any atom is -0.388 e. The molecule has 1 saturated heterocycles. The van der Waals surface area contributed by atoms with E-state index < -0.39 is 6.10 Å². The second-order valence-electron chi connectivity index (χ2n) is 9.98. The third-order valence-corrected chi connectivity index (χ3v) is 7.66. The average molecular weight is 445 g/mol. The molecule has 0 radical (unpaired) electrons. The number of aryl methyl sites for hydroxylation is 1. The van der Waals surface area contributed by atoms with Gasteiger partial charge in [-0.15, -0.1) is 0 Å². The minimum atomic E-state index is -0.419. The Morgan fingerprint density at radius 1 is 1.00 bits per heavy atom. The van der Waals surface area contributed by atoms with Gasteiger partial charge in [0, 0.05) is 43.3 Å². The van der Waals surface area contributed by atoms with Crippen LogP contribution in [0.15, 0.2) is 55.0 Å². The molecule has 1 saturated carbocycles. The third-order valence-electron chi connectivity index (χ3n) is 7.66. The Kier molecular flexibility index (Phi) is 6.88. The first-order chi connectivity index (χ1) is 16.2. The normalized spacial score (nSPS) is 19.6. The lowest BCUT2D eigenvalue weighted by Gasteiger charge is -2.34. The maximum atomic E-state index is 10.8. The molecule has 33 heavy (non-hydrogen) atoms. The minimum absolute atomic E-state index is 0.297. The summed E-state index contributed by atoms with van der Waals surface area (Å²) in [4.78, 5) is 6.67. The lowest BCUT2D eigenvalue weighted by molar-refractivity contribution is 0.0566. The van der Waals surface area contributed by atoms with Crippen molar-refractivity contribution in [2.24, 2.45) is 13.0 Å². The zero-order valence-corrected chi connectivity index (χ0v) is 19.7. The zero-order chi connectivity index (χ0) is 22.6. The molecule has 174 valence electrons. The first-order valence-electron chi connectivity index (χ1n) is 12.6. The molecule has 1 N–H and O–H groups in total. The number of aliphatic hydroxyl groups is 1. The molecular formula is C28H36N4O. The lowest BCUT2D eigenvalue weighted by Crippen LogP contribution is -2.35. The van der Waals surface area contributed by atoms with Crippen molar-refractivity contribution in [3.8, 4) is 11.3 Å². The lowest BCUT2D eigenvalue weighted by atomic mass is 9.84. The van der Waals surface area contributed by atoms with E-state index in [4.69, 9.17) is 5.10 Å². The van der Waals surface area contributed by atoms with E-state index in [9.17, 15) is 5.11 Å². The molecule has 1 aromatic carbocycles. The van der Waals surface area contributed by atoms with Gasteiger partial charge in [-0.3, -0.25) is 14.6 Å². The van der Waals surface area contributed by atoms with E-state index in [-0.39, 0.29) is 0 Å². The molecule has 0 amide bonds. The number of nitrogens with zero attached hydrogens (tertiary/aromatic N) is 4. The van der Waals surface area contributed by atoms with Crippen molar-refractivity contribution in [2.75, 3.05) is 13.1 Å². The SMILES string of the molecule is Cn1cc(CN2CCC(C(O)c3cccnc3)CC2)c(-c2ccc(C3CCCCC3)cc2)n1. The van der Waals surface area contributed by atoms with Gasteiger partial charge in [0.1, 0.15) is 0 Å². The van der Waals surface area contributed by atoms with E-state index in [1.165, 1.54) is 48.8 Å². The number of rotatable bonds is 6. The Balaban J connectivity index is 1.23. The predicted molar refractivity (Wildman–Crippen MR) is 132 cm³/mol. The van der Waals surface area contributed by atoms with Gasteiger partial charge in [0.2, 0.25) is 0 Å². The topological polar surface area (TPSA) is 54.2 Å². The molecule has 3 aromatic rings. The molecule has 3 heterocycles. The van der Waals surface area contributed by atoms with Gasteiger partial charge in [0.15, 0.2) is 0 Å². The average Bonchev–Trinajstić information content (AvgIpc) is 3.25. The van der Waals surface area contributed by atoms with Crippen LogP contribution >= 0.6 is 0 Å². The number of hydrogen-bond acceptors (Lipinski definition) is 4. The van der Waals surface area contributed by atoms with Crippen LogP contribution in [0.1, 0.15) is 73.7 Å². The second-order valence-corrected chi connectivity index (χ2v) is 9.98. The fourth-order valence-electron chi connectivity index (χ4n) is 5.74. The molecule has 5 heteroatoms. The van der Waals surface area contributed by atoms with E-state index in [1.807, 2.05) is 23.9 Å². The Hall–Kier alpha value is -2.50. The Labute approximate surface area is 197 Å². The van der Waals surface area contributed by atoms with Crippen molar-refractivity contribution in [3.05, 3.63) is 71.7 Å². The number of pyridine rings is 1. The fraction of sp³-hybridized carbons (Fsp3) is 0.500. The van der Waals surface area contributed by atoms with Gasteiger partial charge in [-0.25, -0.2) is 0 Å². The number of likely N-dealkylation sites (tertiary alicyclic amines) is 1. The summed E-state index contributed by atoms with van der Waals surface area (Å²) in [5.74, 6) is 1.03. The van der Waals surface area contributed by atoms with Crippen molar-refractivity contribution in [2.45, 2.75) is 63.5 Å². The van der Waals surface area contributed by atoms with Crippen LogP contribution < -0.4 is 0 Å². The van der Waals surface area contributed by atoms with Gasteiger partial charge in [0.05, 0.1) is 11.8 Å². The van der Waals surface area contributed by atoms with E-state index >= 15 is 0 Å². The number of aromatic nitrogens is 3. The third kappa shape index (κ3) is 5.20. The number of piperidine rings is 1. The number of hydrogen-bond donors (Lipinski definition) is 1. The highest BCUT2D eigenvalue weighted by atomic mass is 16.3. The Morgan fingerprint density at radius 3 is 2.45 bits per heavy atom. The molecule has 0 spiro atoms. The molecule has 5 nitrogen and oxygen atoms in total. The maximum absolute atomic E-state index is 10.8. The van der Waals surface area contributed by atoms with Crippen LogP contribution in [0.4, 0.5) is 0 Å². The fourth-order valence-corrected chi connectivity index (χ4v) is 5.74. The summed E-state index contributed by atoms with van der Waals surface area (Å²) >= 11 is 0. The van der Waals surface area contributed by atoms with Gasteiger partial charge in [-0.2, -0.15) is 5.10 Å². The van der Waals surface area contributed by atoms with Crippen molar-refractivity contribution < 1.29 is 5.11 Å². The summed E-state index contributed by atoms with van der Waals surface area (Å²) in [5, 5.41) is 15.6. The van der Waals surface area contributed by atoms with Crippen LogP contribution in [-0.2, 0) is 13.6 Å². The van der Waals surface area contributed by atoms with Crippen LogP contribution in [0.25, 0.3) is 11.3 Å². The van der Waals surface area contributed by atoms with Crippen molar-refractivity contribution >= 4 is 0 Å². The predicted octanol–water partition coefficient (Wildman–Crippen LogP) is 5.48. The van der Waals surface area contributed by atoms with Crippen LogP contribution in [0, 0.1) is 5.92 Å².